The Morgan fingerprint density at radius 1 is 1.46 bits per heavy atom. The summed E-state index contributed by atoms with van der Waals surface area (Å²) in [6.07, 6.45) is 2.40. The van der Waals surface area contributed by atoms with Gasteiger partial charge in [-0.15, -0.1) is 0 Å². The number of methoxy groups -OCH3 is 1. The number of amides is 2. The van der Waals surface area contributed by atoms with Gasteiger partial charge in [-0.25, -0.2) is 0 Å². The van der Waals surface area contributed by atoms with Gasteiger partial charge in [-0.3, -0.25) is 9.59 Å². The molecule has 0 aliphatic carbocycles. The number of benzene rings is 1. The van der Waals surface area contributed by atoms with Crippen molar-refractivity contribution in [2.45, 2.75) is 25.3 Å². The second-order valence-corrected chi connectivity index (χ2v) is 6.03. The highest BCUT2D eigenvalue weighted by molar-refractivity contribution is 6.02. The Bertz CT molecular complexity index is 814. The minimum Gasteiger partial charge on any atom is -0.495 e. The fraction of sp³-hybridized carbons (Fsp3) is 0.353. The van der Waals surface area contributed by atoms with Gasteiger partial charge in [-0.2, -0.15) is 0 Å². The molecule has 0 unspecified atom stereocenters. The zero-order valence-corrected chi connectivity index (χ0v) is 13.2. The van der Waals surface area contributed by atoms with Gasteiger partial charge < -0.3 is 19.5 Å². The largest absolute Gasteiger partial charge is 0.495 e. The number of carbonyl (C=O) groups excluding carboxylic acids is 2. The number of fused-ring (bicyclic) bond motifs is 2. The molecule has 2 amide bonds. The SMILES string of the molecule is COc1cccc2c1NC(=O)C[C@H]2C(=O)N1CCc2nocc2C1. The number of ether oxygens (including phenoxy) is 1. The first-order valence-electron chi connectivity index (χ1n) is 7.85. The molecule has 1 aromatic carbocycles. The first-order valence-corrected chi connectivity index (χ1v) is 7.85. The maximum Gasteiger partial charge on any atom is 0.231 e. The Morgan fingerprint density at radius 2 is 2.33 bits per heavy atom. The van der Waals surface area contributed by atoms with Crippen LogP contribution in [-0.2, 0) is 22.6 Å². The molecular weight excluding hydrogens is 310 g/mol. The molecule has 2 aromatic rings. The molecule has 0 fully saturated rings. The monoisotopic (exact) mass is 327 g/mol. The van der Waals surface area contributed by atoms with Crippen molar-refractivity contribution in [1.29, 1.82) is 0 Å². The van der Waals surface area contributed by atoms with Crippen molar-refractivity contribution in [3.63, 3.8) is 0 Å². The minimum atomic E-state index is -0.495. The molecule has 2 aliphatic rings. The van der Waals surface area contributed by atoms with E-state index in [4.69, 9.17) is 9.26 Å². The van der Waals surface area contributed by atoms with E-state index in [1.165, 1.54) is 0 Å². The molecule has 0 saturated heterocycles. The van der Waals surface area contributed by atoms with Crippen LogP contribution in [0.25, 0.3) is 0 Å². The molecule has 0 spiro atoms. The number of carbonyl (C=O) groups is 2. The van der Waals surface area contributed by atoms with Gasteiger partial charge in [0.05, 0.1) is 31.0 Å². The molecule has 124 valence electrons. The fourth-order valence-corrected chi connectivity index (χ4v) is 3.40. The van der Waals surface area contributed by atoms with Crippen molar-refractivity contribution in [1.82, 2.24) is 10.1 Å². The van der Waals surface area contributed by atoms with Crippen molar-refractivity contribution < 1.29 is 18.8 Å². The topological polar surface area (TPSA) is 84.7 Å². The Balaban J connectivity index is 1.65. The number of anilines is 1. The predicted octanol–water partition coefficient (Wildman–Crippen LogP) is 1.69. The Kier molecular flexibility index (Phi) is 3.48. The lowest BCUT2D eigenvalue weighted by Gasteiger charge is -2.32. The molecule has 24 heavy (non-hydrogen) atoms. The van der Waals surface area contributed by atoms with Crippen LogP contribution in [0.1, 0.15) is 29.2 Å². The van der Waals surface area contributed by atoms with Gasteiger partial charge in [-0.1, -0.05) is 17.3 Å². The Labute approximate surface area is 138 Å². The molecule has 2 aliphatic heterocycles. The van der Waals surface area contributed by atoms with Gasteiger partial charge >= 0.3 is 0 Å². The number of hydrogen-bond donors (Lipinski definition) is 1. The van der Waals surface area contributed by atoms with Crippen LogP contribution in [0.15, 0.2) is 29.0 Å². The van der Waals surface area contributed by atoms with Gasteiger partial charge in [0, 0.05) is 24.9 Å². The third-order valence-electron chi connectivity index (χ3n) is 4.63. The second-order valence-electron chi connectivity index (χ2n) is 6.03. The number of nitrogens with zero attached hydrogens (tertiary/aromatic N) is 2. The molecular formula is C17H17N3O4. The molecule has 4 rings (SSSR count). The maximum absolute atomic E-state index is 13.0. The summed E-state index contributed by atoms with van der Waals surface area (Å²) < 4.78 is 10.3. The highest BCUT2D eigenvalue weighted by atomic mass is 16.5. The Morgan fingerprint density at radius 3 is 3.17 bits per heavy atom. The van der Waals surface area contributed by atoms with Crippen LogP contribution in [0.4, 0.5) is 5.69 Å². The third kappa shape index (κ3) is 2.33. The molecule has 1 N–H and O–H groups in total. The Hall–Kier alpha value is -2.83. The molecule has 1 atom stereocenters. The smallest absolute Gasteiger partial charge is 0.231 e. The van der Waals surface area contributed by atoms with E-state index in [1.807, 2.05) is 12.1 Å². The van der Waals surface area contributed by atoms with Crippen LogP contribution < -0.4 is 10.1 Å². The molecule has 3 heterocycles. The molecule has 0 radical (unpaired) electrons. The maximum atomic E-state index is 13.0. The number of aromatic nitrogens is 1. The fourth-order valence-electron chi connectivity index (χ4n) is 3.40. The summed E-state index contributed by atoms with van der Waals surface area (Å²) in [7, 11) is 1.55. The zero-order chi connectivity index (χ0) is 16.7. The van der Waals surface area contributed by atoms with Crippen LogP contribution >= 0.6 is 0 Å². The van der Waals surface area contributed by atoms with Crippen LogP contribution in [0, 0.1) is 0 Å². The summed E-state index contributed by atoms with van der Waals surface area (Å²) in [5.74, 6) is -0.150. The predicted molar refractivity (Wildman–Crippen MR) is 84.6 cm³/mol. The van der Waals surface area contributed by atoms with Gasteiger partial charge in [0.15, 0.2) is 0 Å². The van der Waals surface area contributed by atoms with Crippen molar-refractivity contribution in [3.8, 4) is 5.75 Å². The van der Waals surface area contributed by atoms with Crippen molar-refractivity contribution >= 4 is 17.5 Å². The van der Waals surface area contributed by atoms with Crippen molar-refractivity contribution in [3.05, 3.63) is 41.3 Å². The number of hydrogen-bond acceptors (Lipinski definition) is 5. The first-order chi connectivity index (χ1) is 11.7. The minimum absolute atomic E-state index is 0.0498. The van der Waals surface area contributed by atoms with Crippen molar-refractivity contribution in [2.24, 2.45) is 0 Å². The lowest BCUT2D eigenvalue weighted by Crippen LogP contribution is -2.41. The molecule has 7 nitrogen and oxygen atoms in total. The van der Waals surface area contributed by atoms with E-state index in [1.54, 1.807) is 24.3 Å². The molecule has 0 bridgehead atoms. The highest BCUT2D eigenvalue weighted by Gasteiger charge is 2.36. The van der Waals surface area contributed by atoms with Crippen LogP contribution in [-0.4, -0.2) is 35.5 Å². The summed E-state index contributed by atoms with van der Waals surface area (Å²) in [5.41, 5.74) is 3.23. The average Bonchev–Trinajstić information content (AvgIpc) is 3.07. The van der Waals surface area contributed by atoms with Gasteiger partial charge in [-0.05, 0) is 11.6 Å². The van der Waals surface area contributed by atoms with E-state index < -0.39 is 5.92 Å². The van der Waals surface area contributed by atoms with E-state index in [-0.39, 0.29) is 18.2 Å². The summed E-state index contributed by atoms with van der Waals surface area (Å²) in [5, 5.41) is 6.76. The normalized spacial score (nSPS) is 19.3. The molecule has 7 heteroatoms. The lowest BCUT2D eigenvalue weighted by molar-refractivity contribution is -0.135. The van der Waals surface area contributed by atoms with E-state index in [0.29, 0.717) is 30.9 Å². The molecule has 1 aromatic heterocycles. The van der Waals surface area contributed by atoms with E-state index in [2.05, 4.69) is 10.5 Å². The quantitative estimate of drug-likeness (QED) is 0.907. The van der Waals surface area contributed by atoms with Crippen LogP contribution in [0.5, 0.6) is 5.75 Å². The standard InChI is InChI=1S/C17H17N3O4/c1-23-14-4-2-3-11-12(7-15(21)18-16(11)14)17(22)20-6-5-13-10(8-20)9-24-19-13/h2-4,9,12H,5-8H2,1H3,(H,18,21)/t12-/m1/s1. The lowest BCUT2D eigenvalue weighted by atomic mass is 9.88. The summed E-state index contributed by atoms with van der Waals surface area (Å²) in [6.45, 7) is 1.05. The number of nitrogens with one attached hydrogen (secondary N) is 1. The van der Waals surface area contributed by atoms with E-state index in [0.717, 1.165) is 16.8 Å². The first kappa shape index (κ1) is 14.7. The zero-order valence-electron chi connectivity index (χ0n) is 13.2. The van der Waals surface area contributed by atoms with Gasteiger partial charge in [0.2, 0.25) is 11.8 Å². The number of rotatable bonds is 2. The third-order valence-corrected chi connectivity index (χ3v) is 4.63. The number of para-hydroxylation sites is 1. The van der Waals surface area contributed by atoms with Gasteiger partial charge in [0.1, 0.15) is 12.0 Å². The highest BCUT2D eigenvalue weighted by Crippen LogP contribution is 2.39. The second kappa shape index (κ2) is 5.67. The van der Waals surface area contributed by atoms with Crippen LogP contribution in [0.2, 0.25) is 0 Å². The van der Waals surface area contributed by atoms with E-state index >= 15 is 0 Å². The molecule has 0 saturated carbocycles. The summed E-state index contributed by atoms with van der Waals surface area (Å²) >= 11 is 0. The van der Waals surface area contributed by atoms with E-state index in [9.17, 15) is 9.59 Å². The summed E-state index contributed by atoms with van der Waals surface area (Å²) in [4.78, 5) is 26.9. The van der Waals surface area contributed by atoms with Crippen LogP contribution in [0.3, 0.4) is 0 Å². The van der Waals surface area contributed by atoms with Crippen molar-refractivity contribution in [2.75, 3.05) is 19.0 Å². The van der Waals surface area contributed by atoms with Gasteiger partial charge in [0.25, 0.3) is 0 Å². The summed E-state index contributed by atoms with van der Waals surface area (Å²) in [6, 6.07) is 5.48. The average molecular weight is 327 g/mol.